The molecule has 1 aromatic carbocycles. The molecule has 0 saturated carbocycles. The quantitative estimate of drug-likeness (QED) is 0.778. The molecule has 0 aliphatic heterocycles. The lowest BCUT2D eigenvalue weighted by atomic mass is 10.2. The molecule has 2 rings (SSSR count). The minimum absolute atomic E-state index is 0.627. The number of nitrogens with one attached hydrogen (secondary N) is 1. The van der Waals surface area contributed by atoms with Crippen LogP contribution in [0, 0.1) is 0 Å². The zero-order valence-corrected chi connectivity index (χ0v) is 8.73. The van der Waals surface area contributed by atoms with E-state index in [1.807, 2.05) is 24.3 Å². The van der Waals surface area contributed by atoms with E-state index in [1.54, 1.807) is 0 Å². The number of hydrogen-bond acceptors (Lipinski definition) is 0. The molecule has 3 heteroatoms. The maximum atomic E-state index is 13.0. The highest BCUT2D eigenvalue weighted by atomic mass is 79.9. The molecule has 0 aliphatic carbocycles. The van der Waals surface area contributed by atoms with Crippen molar-refractivity contribution in [2.24, 2.45) is 0 Å². The molecular weight excluding hydrogens is 233 g/mol. The monoisotopic (exact) mass is 241 g/mol. The third-order valence-corrected chi connectivity index (χ3v) is 2.75. The first-order valence-electron chi connectivity index (χ1n) is 4.09. The standard InChI is InChI=1S/C10H9BrFN/c1-6(12)10-5-7-8(11)3-2-4-9(7)13-10/h2-6,13H,1H3. The summed E-state index contributed by atoms with van der Waals surface area (Å²) in [6, 6.07) is 7.65. The Morgan fingerprint density at radius 1 is 1.46 bits per heavy atom. The fraction of sp³-hybridized carbons (Fsp3) is 0.200. The van der Waals surface area contributed by atoms with Crippen LogP contribution in [-0.2, 0) is 0 Å². The molecule has 1 aromatic heterocycles. The number of halogens is 2. The van der Waals surface area contributed by atoms with Crippen molar-refractivity contribution in [2.75, 3.05) is 0 Å². The molecule has 1 N–H and O–H groups in total. The van der Waals surface area contributed by atoms with Gasteiger partial charge in [0.1, 0.15) is 6.17 Å². The van der Waals surface area contributed by atoms with E-state index in [-0.39, 0.29) is 0 Å². The van der Waals surface area contributed by atoms with Crippen LogP contribution in [0.15, 0.2) is 28.7 Å². The first-order valence-corrected chi connectivity index (χ1v) is 4.89. The van der Waals surface area contributed by atoms with Gasteiger partial charge >= 0.3 is 0 Å². The molecule has 1 atom stereocenters. The minimum atomic E-state index is -0.945. The second-order valence-electron chi connectivity index (χ2n) is 3.04. The summed E-state index contributed by atoms with van der Waals surface area (Å²) >= 11 is 3.42. The lowest BCUT2D eigenvalue weighted by Crippen LogP contribution is -1.82. The van der Waals surface area contributed by atoms with Gasteiger partial charge in [-0.15, -0.1) is 0 Å². The van der Waals surface area contributed by atoms with Crippen molar-refractivity contribution in [3.8, 4) is 0 Å². The van der Waals surface area contributed by atoms with Crippen LogP contribution >= 0.6 is 15.9 Å². The molecule has 1 unspecified atom stereocenters. The first-order chi connectivity index (χ1) is 6.18. The molecule has 0 fully saturated rings. The molecule has 0 bridgehead atoms. The van der Waals surface area contributed by atoms with Crippen LogP contribution in [0.2, 0.25) is 0 Å². The number of benzene rings is 1. The summed E-state index contributed by atoms with van der Waals surface area (Å²) < 4.78 is 14.0. The van der Waals surface area contributed by atoms with Gasteiger partial charge in [0.25, 0.3) is 0 Å². The van der Waals surface area contributed by atoms with Gasteiger partial charge in [0.2, 0.25) is 0 Å². The Bertz CT molecular complexity index is 433. The van der Waals surface area contributed by atoms with Crippen molar-refractivity contribution in [1.82, 2.24) is 4.98 Å². The fourth-order valence-corrected chi connectivity index (χ4v) is 1.83. The smallest absolute Gasteiger partial charge is 0.137 e. The fourth-order valence-electron chi connectivity index (χ4n) is 1.35. The lowest BCUT2D eigenvalue weighted by Gasteiger charge is -1.93. The van der Waals surface area contributed by atoms with Crippen LogP contribution < -0.4 is 0 Å². The molecule has 1 heterocycles. The summed E-state index contributed by atoms with van der Waals surface area (Å²) in [6.07, 6.45) is -0.945. The third kappa shape index (κ3) is 1.48. The summed E-state index contributed by atoms with van der Waals surface area (Å²) in [5.41, 5.74) is 1.59. The van der Waals surface area contributed by atoms with Crippen molar-refractivity contribution in [1.29, 1.82) is 0 Å². The van der Waals surface area contributed by atoms with Crippen molar-refractivity contribution in [2.45, 2.75) is 13.1 Å². The van der Waals surface area contributed by atoms with Crippen molar-refractivity contribution in [3.63, 3.8) is 0 Å². The minimum Gasteiger partial charge on any atom is -0.356 e. The van der Waals surface area contributed by atoms with Gasteiger partial charge < -0.3 is 4.98 Å². The normalized spacial score (nSPS) is 13.5. The predicted molar refractivity (Wildman–Crippen MR) is 55.5 cm³/mol. The number of rotatable bonds is 1. The van der Waals surface area contributed by atoms with E-state index in [0.29, 0.717) is 5.69 Å². The van der Waals surface area contributed by atoms with Crippen molar-refractivity contribution >= 4 is 26.8 Å². The SMILES string of the molecule is CC(F)c1cc2c(Br)cccc2[nH]1. The Kier molecular flexibility index (Phi) is 2.12. The lowest BCUT2D eigenvalue weighted by molar-refractivity contribution is 0.367. The Balaban J connectivity index is 2.68. The summed E-state index contributed by atoms with van der Waals surface area (Å²) in [5, 5.41) is 1.03. The Labute approximate surface area is 84.1 Å². The molecule has 0 radical (unpaired) electrons. The molecule has 0 amide bonds. The van der Waals surface area contributed by atoms with Crippen molar-refractivity contribution < 1.29 is 4.39 Å². The highest BCUT2D eigenvalue weighted by molar-refractivity contribution is 9.10. The number of aromatic amines is 1. The zero-order valence-electron chi connectivity index (χ0n) is 7.14. The van der Waals surface area contributed by atoms with Gasteiger partial charge in [0.05, 0.1) is 5.69 Å². The summed E-state index contributed by atoms with van der Waals surface area (Å²) in [6.45, 7) is 1.53. The number of H-pyrrole nitrogens is 1. The summed E-state index contributed by atoms with van der Waals surface area (Å²) in [4.78, 5) is 3.03. The molecule has 2 aromatic rings. The summed E-state index contributed by atoms with van der Waals surface area (Å²) in [5.74, 6) is 0. The summed E-state index contributed by atoms with van der Waals surface area (Å²) in [7, 11) is 0. The van der Waals surface area contributed by atoms with Gasteiger partial charge in [-0.3, -0.25) is 0 Å². The molecule has 0 saturated heterocycles. The predicted octanol–water partition coefficient (Wildman–Crippen LogP) is 3.96. The molecule has 0 aliphatic rings. The van der Waals surface area contributed by atoms with E-state index in [4.69, 9.17) is 0 Å². The zero-order chi connectivity index (χ0) is 9.42. The van der Waals surface area contributed by atoms with E-state index in [0.717, 1.165) is 15.4 Å². The second-order valence-corrected chi connectivity index (χ2v) is 3.90. The number of hydrogen-bond donors (Lipinski definition) is 1. The maximum Gasteiger partial charge on any atom is 0.137 e. The Morgan fingerprint density at radius 2 is 2.23 bits per heavy atom. The van der Waals surface area contributed by atoms with E-state index >= 15 is 0 Å². The highest BCUT2D eigenvalue weighted by Gasteiger charge is 2.08. The van der Waals surface area contributed by atoms with Gasteiger partial charge in [-0.2, -0.15) is 0 Å². The van der Waals surface area contributed by atoms with E-state index in [9.17, 15) is 4.39 Å². The van der Waals surface area contributed by atoms with Crippen LogP contribution in [-0.4, -0.2) is 4.98 Å². The highest BCUT2D eigenvalue weighted by Crippen LogP contribution is 2.27. The van der Waals surface area contributed by atoms with Gasteiger partial charge in [-0.05, 0) is 25.1 Å². The van der Waals surface area contributed by atoms with Crippen LogP contribution in [0.4, 0.5) is 4.39 Å². The van der Waals surface area contributed by atoms with E-state index < -0.39 is 6.17 Å². The molecular formula is C10H9BrFN. The Hall–Kier alpha value is -0.830. The first kappa shape index (κ1) is 8.75. The van der Waals surface area contributed by atoms with Crippen molar-refractivity contribution in [3.05, 3.63) is 34.4 Å². The second kappa shape index (κ2) is 3.14. The molecule has 0 spiro atoms. The average Bonchev–Trinajstić information content (AvgIpc) is 2.49. The van der Waals surface area contributed by atoms with Crippen LogP contribution in [0.25, 0.3) is 10.9 Å². The van der Waals surface area contributed by atoms with Gasteiger partial charge in [-0.1, -0.05) is 22.0 Å². The largest absolute Gasteiger partial charge is 0.356 e. The molecule has 1 nitrogen and oxygen atoms in total. The van der Waals surface area contributed by atoms with Gasteiger partial charge in [-0.25, -0.2) is 4.39 Å². The average molecular weight is 242 g/mol. The maximum absolute atomic E-state index is 13.0. The van der Waals surface area contributed by atoms with E-state index in [2.05, 4.69) is 20.9 Å². The number of alkyl halides is 1. The van der Waals surface area contributed by atoms with Gasteiger partial charge in [0, 0.05) is 15.4 Å². The molecule has 68 valence electrons. The van der Waals surface area contributed by atoms with E-state index in [1.165, 1.54) is 6.92 Å². The van der Waals surface area contributed by atoms with Gasteiger partial charge in [0.15, 0.2) is 0 Å². The van der Waals surface area contributed by atoms with Crippen LogP contribution in [0.3, 0.4) is 0 Å². The topological polar surface area (TPSA) is 15.8 Å². The number of fused-ring (bicyclic) bond motifs is 1. The van der Waals surface area contributed by atoms with Crippen LogP contribution in [0.5, 0.6) is 0 Å². The Morgan fingerprint density at radius 3 is 2.85 bits per heavy atom. The molecule has 13 heavy (non-hydrogen) atoms. The number of aromatic nitrogens is 1. The third-order valence-electron chi connectivity index (χ3n) is 2.06. The van der Waals surface area contributed by atoms with Crippen LogP contribution in [0.1, 0.15) is 18.8 Å².